The van der Waals surface area contributed by atoms with Gasteiger partial charge in [-0.3, -0.25) is 9.59 Å². The molecule has 6 nitrogen and oxygen atoms in total. The van der Waals surface area contributed by atoms with E-state index in [1.807, 2.05) is 6.08 Å². The summed E-state index contributed by atoms with van der Waals surface area (Å²) in [6.45, 7) is 3.31. The minimum Gasteiger partial charge on any atom is -0.493 e. The highest BCUT2D eigenvalue weighted by atomic mass is 16.5. The fourth-order valence-corrected chi connectivity index (χ4v) is 8.18. The summed E-state index contributed by atoms with van der Waals surface area (Å²) in [6, 6.07) is 0.513. The van der Waals surface area contributed by atoms with Crippen molar-refractivity contribution in [3.05, 3.63) is 48.0 Å². The van der Waals surface area contributed by atoms with Crippen LogP contribution in [-0.4, -0.2) is 54.6 Å². The second-order valence-corrected chi connectivity index (χ2v) is 13.1. The van der Waals surface area contributed by atoms with E-state index in [9.17, 15) is 9.59 Å². The maximum Gasteiger partial charge on any atom is 0.303 e. The average molecular weight is 582 g/mol. The van der Waals surface area contributed by atoms with Crippen LogP contribution in [0.2, 0.25) is 0 Å². The van der Waals surface area contributed by atoms with Crippen molar-refractivity contribution in [2.45, 2.75) is 122 Å². The van der Waals surface area contributed by atoms with Crippen molar-refractivity contribution >= 4 is 11.8 Å². The van der Waals surface area contributed by atoms with Crippen LogP contribution < -0.4 is 0 Å². The van der Waals surface area contributed by atoms with E-state index in [4.69, 9.17) is 14.6 Å². The standard InChI is InChI=1S/C18H21NO3.C18H34O2/c1-19-8-7-18-11-4-5-13(20)17(18)22-16-14(21-2)6-3-10(15(16)18)9-12(11)19;1-2-3-4-5-6-7-8-9-10-11-12-13-14-15-16-17-18(19)20/h3-6,10-12,15,17H,7-9H2,1-2H3;9-10H,2-8,11-17H2,1H3,(H,19,20)/b;10-9-/t10?,11-,12+,15?,17-,18-;/m0./s1. The molecule has 0 aromatic carbocycles. The van der Waals surface area contributed by atoms with Gasteiger partial charge in [-0.05, 0) is 76.6 Å². The quantitative estimate of drug-likeness (QED) is 0.147. The van der Waals surface area contributed by atoms with E-state index < -0.39 is 5.97 Å². The maximum absolute atomic E-state index is 12.6. The SMILES string of the molecule is CCCCCCCC/C=C\CCCCCCCC(=O)O.COC1=C2O[C@H]3C(=O)C=C[C@H]4[C@H]5CC(C=C1)C2[C@@]34CCN5C. The number of hydrogen-bond acceptors (Lipinski definition) is 5. The molecular weight excluding hydrogens is 526 g/mol. The van der Waals surface area contributed by atoms with E-state index >= 15 is 0 Å². The summed E-state index contributed by atoms with van der Waals surface area (Å²) < 4.78 is 11.8. The minimum atomic E-state index is -0.664. The van der Waals surface area contributed by atoms with Gasteiger partial charge in [0.15, 0.2) is 17.6 Å². The number of ketones is 1. The third-order valence-electron chi connectivity index (χ3n) is 10.4. The van der Waals surface area contributed by atoms with Crippen LogP contribution in [0.3, 0.4) is 0 Å². The zero-order valence-corrected chi connectivity index (χ0v) is 26.4. The van der Waals surface area contributed by atoms with Gasteiger partial charge in [0.1, 0.15) is 5.76 Å². The lowest BCUT2D eigenvalue weighted by molar-refractivity contribution is -0.140. The van der Waals surface area contributed by atoms with Crippen LogP contribution in [0.5, 0.6) is 0 Å². The van der Waals surface area contributed by atoms with Crippen molar-refractivity contribution in [1.82, 2.24) is 4.90 Å². The number of methoxy groups -OCH3 is 1. The Morgan fingerprint density at radius 3 is 2.36 bits per heavy atom. The summed E-state index contributed by atoms with van der Waals surface area (Å²) >= 11 is 0. The number of hydrogen-bond donors (Lipinski definition) is 1. The summed E-state index contributed by atoms with van der Waals surface area (Å²) in [7, 11) is 3.91. The molecule has 3 fully saturated rings. The van der Waals surface area contributed by atoms with Crippen molar-refractivity contribution in [1.29, 1.82) is 0 Å². The number of nitrogens with zero attached hydrogens (tertiary/aromatic N) is 1. The van der Waals surface area contributed by atoms with Gasteiger partial charge in [-0.25, -0.2) is 0 Å². The Balaban J connectivity index is 0.000000195. The molecule has 1 spiro atoms. The van der Waals surface area contributed by atoms with E-state index in [2.05, 4.69) is 43.2 Å². The summed E-state index contributed by atoms with van der Waals surface area (Å²) in [5.74, 6) is 2.40. The normalized spacial score (nSPS) is 30.6. The number of carboxylic acid groups (broad SMARTS) is 1. The Morgan fingerprint density at radius 2 is 1.69 bits per heavy atom. The van der Waals surface area contributed by atoms with Crippen molar-refractivity contribution < 1.29 is 24.2 Å². The lowest BCUT2D eigenvalue weighted by atomic mass is 9.48. The van der Waals surface area contributed by atoms with Crippen molar-refractivity contribution in [3.8, 4) is 0 Å². The van der Waals surface area contributed by atoms with Gasteiger partial charge in [0.2, 0.25) is 0 Å². The number of allylic oxidation sites excluding steroid dienone is 5. The Hall–Kier alpha value is -2.34. The van der Waals surface area contributed by atoms with Gasteiger partial charge < -0.3 is 19.5 Å². The molecule has 0 radical (unpaired) electrons. The predicted octanol–water partition coefficient (Wildman–Crippen LogP) is 8.00. The first-order valence-electron chi connectivity index (χ1n) is 16.9. The molecule has 2 unspecified atom stereocenters. The third kappa shape index (κ3) is 7.41. The topological polar surface area (TPSA) is 76.1 Å². The molecule has 3 aliphatic carbocycles. The third-order valence-corrected chi connectivity index (χ3v) is 10.4. The average Bonchev–Trinajstić information content (AvgIpc) is 3.34. The fraction of sp³-hybridized carbons (Fsp3) is 0.722. The molecule has 42 heavy (non-hydrogen) atoms. The number of likely N-dealkylation sites (tertiary alicyclic amines) is 1. The van der Waals surface area contributed by atoms with Crippen LogP contribution >= 0.6 is 0 Å². The first-order chi connectivity index (χ1) is 20.4. The number of carbonyl (C=O) groups is 2. The molecule has 0 aromatic heterocycles. The Kier molecular flexibility index (Phi) is 12.4. The maximum atomic E-state index is 12.6. The molecule has 5 aliphatic rings. The van der Waals surface area contributed by atoms with Gasteiger partial charge in [-0.1, -0.05) is 82.6 Å². The zero-order chi connectivity index (χ0) is 30.0. The number of piperidine rings is 1. The summed E-state index contributed by atoms with van der Waals surface area (Å²) in [5.41, 5.74) is -0.0597. The minimum absolute atomic E-state index is 0.0597. The van der Waals surface area contributed by atoms with Gasteiger partial charge in [0.05, 0.1) is 7.11 Å². The number of rotatable bonds is 16. The number of ether oxygens (including phenoxy) is 2. The Labute approximate surface area is 254 Å². The van der Waals surface area contributed by atoms with Gasteiger partial charge in [0, 0.05) is 29.7 Å². The van der Waals surface area contributed by atoms with E-state index in [0.717, 1.165) is 43.7 Å². The zero-order valence-electron chi connectivity index (χ0n) is 26.4. The van der Waals surface area contributed by atoms with Gasteiger partial charge in [-0.2, -0.15) is 0 Å². The molecule has 6 atom stereocenters. The lowest BCUT2D eigenvalue weighted by Gasteiger charge is -2.59. The molecule has 2 saturated heterocycles. The van der Waals surface area contributed by atoms with Gasteiger partial charge in [0.25, 0.3) is 0 Å². The second kappa shape index (κ2) is 15.9. The van der Waals surface area contributed by atoms with Gasteiger partial charge in [-0.15, -0.1) is 0 Å². The van der Waals surface area contributed by atoms with E-state index in [1.54, 1.807) is 13.2 Å². The molecule has 2 bridgehead atoms. The second-order valence-electron chi connectivity index (χ2n) is 13.1. The number of unbranched alkanes of at least 4 members (excludes halogenated alkanes) is 11. The van der Waals surface area contributed by atoms with E-state index in [0.29, 0.717) is 30.2 Å². The van der Waals surface area contributed by atoms with Crippen LogP contribution in [0.4, 0.5) is 0 Å². The van der Waals surface area contributed by atoms with Crippen molar-refractivity contribution in [2.24, 2.45) is 23.2 Å². The monoisotopic (exact) mass is 581 g/mol. The first-order valence-corrected chi connectivity index (χ1v) is 16.9. The van der Waals surface area contributed by atoms with E-state index in [1.165, 1.54) is 70.6 Å². The van der Waals surface area contributed by atoms with Crippen LogP contribution in [0.25, 0.3) is 0 Å². The molecule has 0 amide bonds. The van der Waals surface area contributed by atoms with E-state index in [-0.39, 0.29) is 17.3 Å². The summed E-state index contributed by atoms with van der Waals surface area (Å²) in [5, 5.41) is 8.51. The molecule has 1 N–H and O–H groups in total. The molecule has 0 aromatic rings. The largest absolute Gasteiger partial charge is 0.493 e. The molecule has 6 heteroatoms. The first kappa shape index (κ1) is 32.6. The predicted molar refractivity (Wildman–Crippen MR) is 168 cm³/mol. The number of carbonyl (C=O) groups excluding carboxylic acids is 1. The summed E-state index contributed by atoms with van der Waals surface area (Å²) in [6.07, 6.45) is 31.4. The molecule has 1 saturated carbocycles. The van der Waals surface area contributed by atoms with Crippen molar-refractivity contribution in [2.75, 3.05) is 20.7 Å². The Morgan fingerprint density at radius 1 is 1.02 bits per heavy atom. The summed E-state index contributed by atoms with van der Waals surface area (Å²) in [4.78, 5) is 25.4. The van der Waals surface area contributed by atoms with Crippen molar-refractivity contribution in [3.63, 3.8) is 0 Å². The highest BCUT2D eigenvalue weighted by Gasteiger charge is 2.69. The molecule has 234 valence electrons. The number of carboxylic acids is 1. The lowest BCUT2D eigenvalue weighted by Crippen LogP contribution is -2.64. The highest BCUT2D eigenvalue weighted by Crippen LogP contribution is 2.66. The highest BCUT2D eigenvalue weighted by molar-refractivity contribution is 5.96. The van der Waals surface area contributed by atoms with Crippen LogP contribution in [0.15, 0.2) is 48.0 Å². The smallest absolute Gasteiger partial charge is 0.303 e. The molecule has 2 aliphatic heterocycles. The Bertz CT molecular complexity index is 1030. The number of aliphatic carboxylic acids is 1. The molecule has 2 heterocycles. The van der Waals surface area contributed by atoms with Crippen LogP contribution in [-0.2, 0) is 19.1 Å². The van der Waals surface area contributed by atoms with Gasteiger partial charge >= 0.3 is 5.97 Å². The fourth-order valence-electron chi connectivity index (χ4n) is 8.18. The van der Waals surface area contributed by atoms with Crippen LogP contribution in [0, 0.1) is 23.2 Å². The molecule has 5 rings (SSSR count). The molecular formula is C36H55NO5. The van der Waals surface area contributed by atoms with Crippen LogP contribution in [0.1, 0.15) is 110 Å².